The molecule has 1 aromatic heterocycles. The van der Waals surface area contributed by atoms with E-state index in [0.29, 0.717) is 54.0 Å². The number of aromatic amines is 1. The highest BCUT2D eigenvalue weighted by Crippen LogP contribution is 2.38. The summed E-state index contributed by atoms with van der Waals surface area (Å²) in [7, 11) is -3.86. The second-order valence-corrected chi connectivity index (χ2v) is 13.7. The van der Waals surface area contributed by atoms with Crippen molar-refractivity contribution in [1.29, 1.82) is 0 Å². The van der Waals surface area contributed by atoms with Crippen molar-refractivity contribution in [3.05, 3.63) is 77.9 Å². The Bertz CT molecular complexity index is 1810. The minimum atomic E-state index is -4.80. The number of nitrogens with zero attached hydrogens (tertiary/aromatic N) is 3. The summed E-state index contributed by atoms with van der Waals surface area (Å²) in [5.74, 6) is -0.228. The lowest BCUT2D eigenvalue weighted by molar-refractivity contribution is -0.137. The SMILES string of the molecule is CS(=O)(=O)c1ccc(-c2ccc(C[C@H](NC(=O)[C@H]3CC[C@H](CN)CC3)C(=O)Nc3ccc(-c4nn[nH]n4)cc3)cc2)c(C(F)(F)F)c1.Cl. The lowest BCUT2D eigenvalue weighted by atomic mass is 9.81. The number of anilines is 1. The van der Waals surface area contributed by atoms with Gasteiger partial charge in [0.05, 0.1) is 10.5 Å². The van der Waals surface area contributed by atoms with Crippen molar-refractivity contribution in [2.45, 2.75) is 49.2 Å². The molecule has 1 aliphatic rings. The number of carbonyl (C=O) groups is 2. The summed E-state index contributed by atoms with van der Waals surface area (Å²) in [5, 5.41) is 19.5. The predicted molar refractivity (Wildman–Crippen MR) is 176 cm³/mol. The number of hydrogen-bond donors (Lipinski definition) is 4. The smallest absolute Gasteiger partial charge is 0.344 e. The van der Waals surface area contributed by atoms with Crippen LogP contribution < -0.4 is 16.4 Å². The summed E-state index contributed by atoms with van der Waals surface area (Å²) in [6.45, 7) is 0.563. The number of rotatable bonds is 10. The number of halogens is 4. The standard InChI is InChI=1S/C32H34F3N7O4S.ClH/c1-47(45,46)25-14-15-26(27(17-25)32(33,34)35)21-6-2-19(3-7-21)16-28(38-30(43)23-8-4-20(18-36)5-9-23)31(44)37-24-12-10-22(11-13-24)29-39-41-42-40-29;/h2-3,6-7,10-15,17,20,23,28H,4-5,8-9,16,18,36H2,1H3,(H,37,44)(H,38,43)(H,39,40,41,42);1H/t20-,23-,28-;/m0./s1. The summed E-state index contributed by atoms with van der Waals surface area (Å²) in [4.78, 5) is 26.4. The summed E-state index contributed by atoms with van der Waals surface area (Å²) in [6, 6.07) is 14.8. The third kappa shape index (κ3) is 8.96. The van der Waals surface area contributed by atoms with E-state index >= 15 is 0 Å². The molecule has 16 heteroatoms. The van der Waals surface area contributed by atoms with Crippen molar-refractivity contribution >= 4 is 39.7 Å². The van der Waals surface area contributed by atoms with Crippen LogP contribution in [-0.2, 0) is 32.0 Å². The number of H-pyrrole nitrogens is 1. The maximum atomic E-state index is 13.9. The third-order valence-corrected chi connectivity index (χ3v) is 9.48. The number of tetrazole rings is 1. The van der Waals surface area contributed by atoms with E-state index in [2.05, 4.69) is 31.3 Å². The summed E-state index contributed by atoms with van der Waals surface area (Å²) in [6.07, 6.45) is -0.915. The molecule has 0 radical (unpaired) electrons. The molecule has 2 amide bonds. The molecule has 5 N–H and O–H groups in total. The first-order valence-corrected chi connectivity index (χ1v) is 16.9. The van der Waals surface area contributed by atoms with Gasteiger partial charge in [-0.05, 0) is 96.4 Å². The molecule has 0 saturated heterocycles. The van der Waals surface area contributed by atoms with E-state index in [4.69, 9.17) is 5.73 Å². The van der Waals surface area contributed by atoms with E-state index in [1.807, 2.05) is 0 Å². The second kappa shape index (κ2) is 15.3. The number of carbonyl (C=O) groups excluding carboxylic acids is 2. The molecule has 256 valence electrons. The first-order valence-electron chi connectivity index (χ1n) is 15.0. The summed E-state index contributed by atoms with van der Waals surface area (Å²) >= 11 is 0. The van der Waals surface area contributed by atoms with Gasteiger partial charge in [-0.1, -0.05) is 30.3 Å². The maximum absolute atomic E-state index is 13.9. The fourth-order valence-corrected chi connectivity index (χ4v) is 6.32. The van der Waals surface area contributed by atoms with Crippen LogP contribution in [0.2, 0.25) is 0 Å². The first-order chi connectivity index (χ1) is 22.3. The van der Waals surface area contributed by atoms with Crippen molar-refractivity contribution < 1.29 is 31.2 Å². The largest absolute Gasteiger partial charge is 0.417 e. The van der Waals surface area contributed by atoms with Crippen LogP contribution in [0.3, 0.4) is 0 Å². The van der Waals surface area contributed by atoms with Gasteiger partial charge < -0.3 is 16.4 Å². The topological polar surface area (TPSA) is 173 Å². The highest BCUT2D eigenvalue weighted by molar-refractivity contribution is 7.90. The molecule has 5 rings (SSSR count). The van der Waals surface area contributed by atoms with Gasteiger partial charge in [-0.3, -0.25) is 9.59 Å². The fourth-order valence-electron chi connectivity index (χ4n) is 5.67. The van der Waals surface area contributed by atoms with Crippen LogP contribution in [0.1, 0.15) is 36.8 Å². The average Bonchev–Trinajstić information content (AvgIpc) is 3.59. The Labute approximate surface area is 281 Å². The normalized spacial score (nSPS) is 17.2. The Balaban J connectivity index is 0.00000520. The van der Waals surface area contributed by atoms with Crippen LogP contribution in [0.15, 0.2) is 71.6 Å². The van der Waals surface area contributed by atoms with Crippen LogP contribution in [-0.4, -0.2) is 59.7 Å². The molecule has 0 aliphatic heterocycles. The summed E-state index contributed by atoms with van der Waals surface area (Å²) < 4.78 is 65.6. The van der Waals surface area contributed by atoms with E-state index in [-0.39, 0.29) is 41.8 Å². The number of nitrogens with one attached hydrogen (secondary N) is 3. The molecule has 1 aliphatic carbocycles. The van der Waals surface area contributed by atoms with E-state index in [1.54, 1.807) is 36.4 Å². The van der Waals surface area contributed by atoms with Crippen LogP contribution in [0.5, 0.6) is 0 Å². The van der Waals surface area contributed by atoms with Crippen LogP contribution in [0, 0.1) is 11.8 Å². The first kappa shape index (κ1) is 36.5. The maximum Gasteiger partial charge on any atom is 0.417 e. The highest BCUT2D eigenvalue weighted by Gasteiger charge is 2.35. The molecular formula is C32H35ClF3N7O4S. The molecule has 1 atom stereocenters. The Kier molecular flexibility index (Phi) is 11.6. The van der Waals surface area contributed by atoms with Crippen molar-refractivity contribution in [3.8, 4) is 22.5 Å². The molecule has 0 bridgehead atoms. The van der Waals surface area contributed by atoms with Crippen molar-refractivity contribution in [1.82, 2.24) is 25.9 Å². The third-order valence-electron chi connectivity index (χ3n) is 8.37. The zero-order valence-electron chi connectivity index (χ0n) is 25.8. The molecule has 48 heavy (non-hydrogen) atoms. The van der Waals surface area contributed by atoms with Crippen LogP contribution >= 0.6 is 12.4 Å². The molecule has 1 fully saturated rings. The lowest BCUT2D eigenvalue weighted by Crippen LogP contribution is -2.48. The fraction of sp³-hybridized carbons (Fsp3) is 0.344. The molecule has 3 aromatic carbocycles. The van der Waals surface area contributed by atoms with Gasteiger partial charge >= 0.3 is 6.18 Å². The quantitative estimate of drug-likeness (QED) is 0.182. The molecule has 4 aromatic rings. The zero-order valence-corrected chi connectivity index (χ0v) is 27.5. The average molecular weight is 706 g/mol. The van der Waals surface area contributed by atoms with Gasteiger partial charge in [0.15, 0.2) is 9.84 Å². The predicted octanol–water partition coefficient (Wildman–Crippen LogP) is 4.81. The van der Waals surface area contributed by atoms with E-state index in [1.165, 1.54) is 12.1 Å². The molecule has 0 spiro atoms. The number of amides is 2. The van der Waals surface area contributed by atoms with Gasteiger partial charge in [0, 0.05) is 29.8 Å². The van der Waals surface area contributed by atoms with Gasteiger partial charge in [-0.15, -0.1) is 22.6 Å². The monoisotopic (exact) mass is 705 g/mol. The highest BCUT2D eigenvalue weighted by atomic mass is 35.5. The number of sulfone groups is 1. The van der Waals surface area contributed by atoms with Gasteiger partial charge in [-0.2, -0.15) is 18.4 Å². The number of nitrogens with two attached hydrogens (primary N) is 1. The Hall–Kier alpha value is -4.34. The van der Waals surface area contributed by atoms with E-state index in [0.717, 1.165) is 31.2 Å². The van der Waals surface area contributed by atoms with Crippen molar-refractivity contribution in [3.63, 3.8) is 0 Å². The number of alkyl halides is 3. The Morgan fingerprint density at radius 1 is 0.979 bits per heavy atom. The molecule has 1 saturated carbocycles. The number of aromatic nitrogens is 4. The lowest BCUT2D eigenvalue weighted by Gasteiger charge is -2.28. The summed E-state index contributed by atoms with van der Waals surface area (Å²) in [5.41, 5.74) is 6.49. The molecule has 0 unspecified atom stereocenters. The Morgan fingerprint density at radius 2 is 1.62 bits per heavy atom. The molecular weight excluding hydrogens is 671 g/mol. The van der Waals surface area contributed by atoms with Crippen molar-refractivity contribution in [2.75, 3.05) is 18.1 Å². The number of benzene rings is 3. The van der Waals surface area contributed by atoms with Crippen molar-refractivity contribution in [2.24, 2.45) is 17.6 Å². The minimum absolute atomic E-state index is 0. The van der Waals surface area contributed by atoms with Gasteiger partial charge in [0.1, 0.15) is 6.04 Å². The van der Waals surface area contributed by atoms with E-state index in [9.17, 15) is 31.2 Å². The van der Waals surface area contributed by atoms with Gasteiger partial charge in [0.25, 0.3) is 0 Å². The van der Waals surface area contributed by atoms with E-state index < -0.39 is 38.4 Å². The van der Waals surface area contributed by atoms with Crippen LogP contribution in [0.25, 0.3) is 22.5 Å². The zero-order chi connectivity index (χ0) is 33.8. The van der Waals surface area contributed by atoms with Crippen LogP contribution in [0.4, 0.5) is 18.9 Å². The van der Waals surface area contributed by atoms with Gasteiger partial charge in [-0.25, -0.2) is 8.42 Å². The van der Waals surface area contributed by atoms with Gasteiger partial charge in [0.2, 0.25) is 17.6 Å². The minimum Gasteiger partial charge on any atom is -0.344 e. The number of hydrogen-bond acceptors (Lipinski definition) is 8. The second-order valence-electron chi connectivity index (χ2n) is 11.7. The Morgan fingerprint density at radius 3 is 2.19 bits per heavy atom. The molecule has 1 heterocycles. The molecule has 11 nitrogen and oxygen atoms in total.